The molecular formula is C14H17N3. The first kappa shape index (κ1) is 10.5. The summed E-state index contributed by atoms with van der Waals surface area (Å²) in [5, 5.41) is 4.76. The molecule has 3 nitrogen and oxygen atoms in total. The van der Waals surface area contributed by atoms with Gasteiger partial charge in [-0.25, -0.2) is 4.98 Å². The van der Waals surface area contributed by atoms with Gasteiger partial charge in [0.2, 0.25) is 0 Å². The summed E-state index contributed by atoms with van der Waals surface area (Å²) in [5.74, 6) is 0. The van der Waals surface area contributed by atoms with Crippen LogP contribution in [0.2, 0.25) is 0 Å². The molecule has 88 valence electrons. The Hall–Kier alpha value is -1.61. The predicted octanol–water partition coefficient (Wildman–Crippen LogP) is 2.72. The van der Waals surface area contributed by atoms with E-state index in [-0.39, 0.29) is 5.54 Å². The molecule has 0 saturated heterocycles. The maximum Gasteiger partial charge on any atom is 0.137 e. The van der Waals surface area contributed by atoms with Gasteiger partial charge in [-0.3, -0.25) is 0 Å². The molecule has 0 aliphatic carbocycles. The second-order valence-electron chi connectivity index (χ2n) is 5.06. The van der Waals surface area contributed by atoms with Gasteiger partial charge < -0.3 is 10.3 Å². The molecule has 0 saturated carbocycles. The van der Waals surface area contributed by atoms with E-state index in [0.717, 1.165) is 18.6 Å². The summed E-state index contributed by atoms with van der Waals surface area (Å²) < 4.78 is 0. The van der Waals surface area contributed by atoms with Crippen LogP contribution in [0.15, 0.2) is 30.6 Å². The number of rotatable bonds is 1. The number of aromatic nitrogens is 2. The average molecular weight is 227 g/mol. The van der Waals surface area contributed by atoms with Gasteiger partial charge in [0.1, 0.15) is 5.65 Å². The number of nitrogens with zero attached hydrogens (tertiary/aromatic N) is 1. The zero-order valence-electron chi connectivity index (χ0n) is 10.2. The van der Waals surface area contributed by atoms with E-state index >= 15 is 0 Å². The molecule has 17 heavy (non-hydrogen) atoms. The highest BCUT2D eigenvalue weighted by Gasteiger charge is 2.27. The Kier molecular flexibility index (Phi) is 2.30. The van der Waals surface area contributed by atoms with Gasteiger partial charge in [0.15, 0.2) is 0 Å². The molecule has 3 rings (SSSR count). The summed E-state index contributed by atoms with van der Waals surface area (Å²) in [6, 6.07) is 4.11. The Morgan fingerprint density at radius 3 is 3.06 bits per heavy atom. The first-order valence-corrected chi connectivity index (χ1v) is 6.06. The second-order valence-corrected chi connectivity index (χ2v) is 5.06. The van der Waals surface area contributed by atoms with Crippen molar-refractivity contribution in [2.75, 3.05) is 6.54 Å². The lowest BCUT2D eigenvalue weighted by Gasteiger charge is -2.33. The molecule has 0 amide bonds. The molecular weight excluding hydrogens is 210 g/mol. The number of hydrogen-bond donors (Lipinski definition) is 2. The summed E-state index contributed by atoms with van der Waals surface area (Å²) >= 11 is 0. The smallest absolute Gasteiger partial charge is 0.137 e. The van der Waals surface area contributed by atoms with E-state index < -0.39 is 0 Å². The molecule has 2 aromatic rings. The lowest BCUT2D eigenvalue weighted by Crippen LogP contribution is -2.43. The standard InChI is InChI=1S/C14H17N3/c1-14(2)12(6-4-8-17-14)11-9-16-13-10(11)5-3-7-15-13/h3,5-7,9,17H,4,8H2,1-2H3,(H,15,16). The summed E-state index contributed by atoms with van der Waals surface area (Å²) in [5.41, 5.74) is 3.63. The fourth-order valence-electron chi connectivity index (χ4n) is 2.58. The summed E-state index contributed by atoms with van der Waals surface area (Å²) in [6.45, 7) is 5.51. The van der Waals surface area contributed by atoms with E-state index in [2.05, 4.69) is 47.5 Å². The lowest BCUT2D eigenvalue weighted by atomic mass is 9.85. The normalized spacial score (nSPS) is 19.3. The Morgan fingerprint density at radius 2 is 2.24 bits per heavy atom. The highest BCUT2D eigenvalue weighted by Crippen LogP contribution is 2.33. The van der Waals surface area contributed by atoms with Crippen molar-refractivity contribution in [3.05, 3.63) is 36.2 Å². The van der Waals surface area contributed by atoms with Crippen LogP contribution in [0.1, 0.15) is 25.8 Å². The molecule has 2 aromatic heterocycles. The number of H-pyrrole nitrogens is 1. The third-order valence-corrected chi connectivity index (χ3v) is 3.47. The molecule has 2 N–H and O–H groups in total. The van der Waals surface area contributed by atoms with Crippen molar-refractivity contribution in [1.29, 1.82) is 0 Å². The van der Waals surface area contributed by atoms with Crippen LogP contribution in [0.3, 0.4) is 0 Å². The van der Waals surface area contributed by atoms with Crippen molar-refractivity contribution >= 4 is 16.6 Å². The van der Waals surface area contributed by atoms with Crippen LogP contribution in [0.5, 0.6) is 0 Å². The molecule has 3 heterocycles. The summed E-state index contributed by atoms with van der Waals surface area (Å²) in [7, 11) is 0. The van der Waals surface area contributed by atoms with Crippen molar-refractivity contribution in [2.24, 2.45) is 0 Å². The molecule has 0 radical (unpaired) electrons. The van der Waals surface area contributed by atoms with Gasteiger partial charge in [-0.1, -0.05) is 6.08 Å². The molecule has 0 atom stereocenters. The summed E-state index contributed by atoms with van der Waals surface area (Å²) in [4.78, 5) is 7.58. The minimum atomic E-state index is 0.0310. The quantitative estimate of drug-likeness (QED) is 0.786. The van der Waals surface area contributed by atoms with E-state index in [1.165, 1.54) is 16.5 Å². The maximum atomic E-state index is 4.34. The van der Waals surface area contributed by atoms with E-state index in [0.29, 0.717) is 0 Å². The third-order valence-electron chi connectivity index (χ3n) is 3.47. The van der Waals surface area contributed by atoms with Gasteiger partial charge in [-0.2, -0.15) is 0 Å². The number of fused-ring (bicyclic) bond motifs is 1. The van der Waals surface area contributed by atoms with Gasteiger partial charge in [-0.05, 0) is 44.5 Å². The minimum absolute atomic E-state index is 0.0310. The molecule has 3 heteroatoms. The average Bonchev–Trinajstić information content (AvgIpc) is 2.72. The van der Waals surface area contributed by atoms with Crippen molar-refractivity contribution in [1.82, 2.24) is 15.3 Å². The Labute approximate surface area is 101 Å². The molecule has 0 spiro atoms. The van der Waals surface area contributed by atoms with Crippen LogP contribution < -0.4 is 5.32 Å². The number of hydrogen-bond acceptors (Lipinski definition) is 2. The highest BCUT2D eigenvalue weighted by atomic mass is 15.0. The molecule has 0 bridgehead atoms. The van der Waals surface area contributed by atoms with Crippen LogP contribution in [0, 0.1) is 0 Å². The predicted molar refractivity (Wildman–Crippen MR) is 70.8 cm³/mol. The first-order valence-electron chi connectivity index (χ1n) is 6.06. The minimum Gasteiger partial charge on any atom is -0.346 e. The molecule has 0 aromatic carbocycles. The van der Waals surface area contributed by atoms with Crippen LogP contribution in [-0.4, -0.2) is 22.1 Å². The van der Waals surface area contributed by atoms with E-state index in [4.69, 9.17) is 0 Å². The van der Waals surface area contributed by atoms with Crippen LogP contribution in [0.4, 0.5) is 0 Å². The lowest BCUT2D eigenvalue weighted by molar-refractivity contribution is 0.479. The van der Waals surface area contributed by atoms with Gasteiger partial charge >= 0.3 is 0 Å². The largest absolute Gasteiger partial charge is 0.346 e. The number of aromatic amines is 1. The SMILES string of the molecule is CC1(C)NCCC=C1c1c[nH]c2ncccc12. The second kappa shape index (κ2) is 3.70. The van der Waals surface area contributed by atoms with E-state index in [1.54, 1.807) is 0 Å². The summed E-state index contributed by atoms with van der Waals surface area (Å²) in [6.07, 6.45) is 7.32. The Bertz CT molecular complexity index is 578. The monoisotopic (exact) mass is 227 g/mol. The zero-order chi connectivity index (χ0) is 11.9. The van der Waals surface area contributed by atoms with Crippen molar-refractivity contribution in [3.8, 4) is 0 Å². The van der Waals surface area contributed by atoms with Gasteiger partial charge in [0.05, 0.1) is 0 Å². The Balaban J connectivity index is 2.18. The Morgan fingerprint density at radius 1 is 1.35 bits per heavy atom. The molecule has 0 fully saturated rings. The van der Waals surface area contributed by atoms with Crippen LogP contribution in [-0.2, 0) is 0 Å². The number of nitrogens with one attached hydrogen (secondary N) is 2. The van der Waals surface area contributed by atoms with Gasteiger partial charge in [0, 0.05) is 28.9 Å². The van der Waals surface area contributed by atoms with Crippen molar-refractivity contribution < 1.29 is 0 Å². The van der Waals surface area contributed by atoms with E-state index in [1.807, 2.05) is 12.3 Å². The molecule has 1 aliphatic heterocycles. The third kappa shape index (κ3) is 1.67. The molecule has 1 aliphatic rings. The maximum absolute atomic E-state index is 4.34. The van der Waals surface area contributed by atoms with E-state index in [9.17, 15) is 0 Å². The zero-order valence-corrected chi connectivity index (χ0v) is 10.2. The van der Waals surface area contributed by atoms with Crippen molar-refractivity contribution in [2.45, 2.75) is 25.8 Å². The fourth-order valence-corrected chi connectivity index (χ4v) is 2.58. The van der Waals surface area contributed by atoms with Crippen LogP contribution >= 0.6 is 0 Å². The van der Waals surface area contributed by atoms with Crippen LogP contribution in [0.25, 0.3) is 16.6 Å². The molecule has 0 unspecified atom stereocenters. The first-order chi connectivity index (χ1) is 8.18. The topological polar surface area (TPSA) is 40.7 Å². The van der Waals surface area contributed by atoms with Gasteiger partial charge in [-0.15, -0.1) is 0 Å². The fraction of sp³-hybridized carbons (Fsp3) is 0.357. The van der Waals surface area contributed by atoms with Gasteiger partial charge in [0.25, 0.3) is 0 Å². The van der Waals surface area contributed by atoms with Crippen molar-refractivity contribution in [3.63, 3.8) is 0 Å². The number of pyridine rings is 1. The highest BCUT2D eigenvalue weighted by molar-refractivity contribution is 5.92.